The molecular formula is C13H21N5O. The van der Waals surface area contributed by atoms with Crippen LogP contribution in [-0.4, -0.2) is 28.5 Å². The summed E-state index contributed by atoms with van der Waals surface area (Å²) in [6.45, 7) is 6.17. The van der Waals surface area contributed by atoms with Crippen molar-refractivity contribution in [2.24, 2.45) is 0 Å². The van der Waals surface area contributed by atoms with Crippen LogP contribution >= 0.6 is 0 Å². The molecule has 0 spiro atoms. The second-order valence-electron chi connectivity index (χ2n) is 4.98. The molecule has 1 aromatic heterocycles. The Hall–Kier alpha value is -1.85. The zero-order valence-electron chi connectivity index (χ0n) is 11.7. The normalized spacial score (nSPS) is 15.9. The molecule has 1 aliphatic carbocycles. The molecule has 0 saturated heterocycles. The molecule has 6 heteroatoms. The first-order valence-electron chi connectivity index (χ1n) is 6.71. The van der Waals surface area contributed by atoms with Gasteiger partial charge in [0.15, 0.2) is 0 Å². The maximum absolute atomic E-state index is 11.7. The van der Waals surface area contributed by atoms with Crippen LogP contribution in [0.25, 0.3) is 0 Å². The summed E-state index contributed by atoms with van der Waals surface area (Å²) in [5.74, 6) is 2.32. The zero-order chi connectivity index (χ0) is 14.0. The van der Waals surface area contributed by atoms with Crippen molar-refractivity contribution in [3.63, 3.8) is 0 Å². The molecule has 1 amide bonds. The van der Waals surface area contributed by atoms with Gasteiger partial charge in [0.25, 0.3) is 0 Å². The number of hydrogen-bond acceptors (Lipinski definition) is 5. The Morgan fingerprint density at radius 2 is 2.16 bits per heavy atom. The predicted octanol–water partition coefficient (Wildman–Crippen LogP) is 1.18. The minimum absolute atomic E-state index is 0.0490. The van der Waals surface area contributed by atoms with Gasteiger partial charge in [0.2, 0.25) is 5.91 Å². The van der Waals surface area contributed by atoms with E-state index in [9.17, 15) is 4.79 Å². The molecule has 6 nitrogen and oxygen atoms in total. The van der Waals surface area contributed by atoms with E-state index in [4.69, 9.17) is 5.73 Å². The highest BCUT2D eigenvalue weighted by molar-refractivity contribution is 5.84. The van der Waals surface area contributed by atoms with Crippen molar-refractivity contribution in [1.82, 2.24) is 15.3 Å². The Morgan fingerprint density at radius 1 is 1.47 bits per heavy atom. The maximum atomic E-state index is 11.7. The van der Waals surface area contributed by atoms with Gasteiger partial charge in [-0.2, -0.15) is 0 Å². The molecular weight excluding hydrogens is 242 g/mol. The molecule has 1 saturated carbocycles. The standard InChI is InChI=1S/C13H21N5O/c1-4-15-13(19)8(3)16-11-7(2)10(14)17-12(18-11)9-5-6-9/h8-9H,4-6H2,1-3H3,(H,15,19)(H3,14,16,17,18). The molecule has 0 aromatic carbocycles. The average molecular weight is 263 g/mol. The predicted molar refractivity (Wildman–Crippen MR) is 74.9 cm³/mol. The number of nitrogen functional groups attached to an aromatic ring is 1. The molecule has 2 rings (SSSR count). The van der Waals surface area contributed by atoms with E-state index in [-0.39, 0.29) is 11.9 Å². The second-order valence-corrected chi connectivity index (χ2v) is 4.98. The lowest BCUT2D eigenvalue weighted by Gasteiger charge is -2.17. The number of carbonyl (C=O) groups is 1. The van der Waals surface area contributed by atoms with E-state index < -0.39 is 0 Å². The van der Waals surface area contributed by atoms with E-state index in [0.29, 0.717) is 24.1 Å². The fourth-order valence-corrected chi connectivity index (χ4v) is 1.81. The highest BCUT2D eigenvalue weighted by Gasteiger charge is 2.28. The van der Waals surface area contributed by atoms with Crippen molar-refractivity contribution >= 4 is 17.5 Å². The number of carbonyl (C=O) groups excluding carboxylic acids is 1. The third-order valence-electron chi connectivity index (χ3n) is 3.24. The molecule has 1 heterocycles. The zero-order valence-corrected chi connectivity index (χ0v) is 11.7. The van der Waals surface area contributed by atoms with Gasteiger partial charge in [-0.25, -0.2) is 9.97 Å². The third kappa shape index (κ3) is 3.13. The molecule has 1 fully saturated rings. The smallest absolute Gasteiger partial charge is 0.242 e. The molecule has 4 N–H and O–H groups in total. The van der Waals surface area contributed by atoms with Crippen molar-refractivity contribution in [3.8, 4) is 0 Å². The van der Waals surface area contributed by atoms with Crippen LogP contribution in [0.4, 0.5) is 11.6 Å². The Kier molecular flexibility index (Phi) is 3.87. The van der Waals surface area contributed by atoms with E-state index in [1.54, 1.807) is 6.92 Å². The lowest BCUT2D eigenvalue weighted by Crippen LogP contribution is -2.37. The van der Waals surface area contributed by atoms with Crippen LogP contribution in [-0.2, 0) is 4.79 Å². The van der Waals surface area contributed by atoms with Gasteiger partial charge in [-0.3, -0.25) is 4.79 Å². The Bertz CT molecular complexity index is 484. The fraction of sp³-hybridized carbons (Fsp3) is 0.615. The molecule has 0 aliphatic heterocycles. The number of likely N-dealkylation sites (N-methyl/N-ethyl adjacent to an activating group) is 1. The van der Waals surface area contributed by atoms with Crippen molar-refractivity contribution in [2.45, 2.75) is 45.6 Å². The van der Waals surface area contributed by atoms with Crippen LogP contribution in [0.15, 0.2) is 0 Å². The molecule has 1 unspecified atom stereocenters. The van der Waals surface area contributed by atoms with Crippen molar-refractivity contribution in [3.05, 3.63) is 11.4 Å². The summed E-state index contributed by atoms with van der Waals surface area (Å²) in [7, 11) is 0. The van der Waals surface area contributed by atoms with E-state index in [2.05, 4.69) is 20.6 Å². The summed E-state index contributed by atoms with van der Waals surface area (Å²) < 4.78 is 0. The first-order chi connectivity index (χ1) is 9.02. The minimum atomic E-state index is -0.347. The largest absolute Gasteiger partial charge is 0.383 e. The SMILES string of the molecule is CCNC(=O)C(C)Nc1nc(C2CC2)nc(N)c1C. The number of nitrogens with two attached hydrogens (primary N) is 1. The number of rotatable bonds is 5. The van der Waals surface area contributed by atoms with Gasteiger partial charge in [0, 0.05) is 18.0 Å². The third-order valence-corrected chi connectivity index (χ3v) is 3.24. The fourth-order valence-electron chi connectivity index (χ4n) is 1.81. The van der Waals surface area contributed by atoms with Gasteiger partial charge in [0.1, 0.15) is 23.5 Å². The van der Waals surface area contributed by atoms with Gasteiger partial charge < -0.3 is 16.4 Å². The van der Waals surface area contributed by atoms with Crippen LogP contribution in [0.1, 0.15) is 44.0 Å². The number of amides is 1. The number of hydrogen-bond donors (Lipinski definition) is 3. The monoisotopic (exact) mass is 263 g/mol. The van der Waals surface area contributed by atoms with Gasteiger partial charge in [-0.05, 0) is 33.6 Å². The van der Waals surface area contributed by atoms with Crippen molar-refractivity contribution in [2.75, 3.05) is 17.6 Å². The summed E-state index contributed by atoms with van der Waals surface area (Å²) in [6, 6.07) is -0.347. The first-order valence-corrected chi connectivity index (χ1v) is 6.71. The quantitative estimate of drug-likeness (QED) is 0.741. The van der Waals surface area contributed by atoms with Gasteiger partial charge in [-0.15, -0.1) is 0 Å². The molecule has 1 aliphatic rings. The molecule has 1 aromatic rings. The molecule has 104 valence electrons. The summed E-state index contributed by atoms with van der Waals surface area (Å²) in [4.78, 5) is 20.5. The highest BCUT2D eigenvalue weighted by Crippen LogP contribution is 2.39. The summed E-state index contributed by atoms with van der Waals surface area (Å²) >= 11 is 0. The highest BCUT2D eigenvalue weighted by atomic mass is 16.2. The van der Waals surface area contributed by atoms with E-state index >= 15 is 0 Å². The molecule has 0 radical (unpaired) electrons. The Morgan fingerprint density at radius 3 is 2.74 bits per heavy atom. The van der Waals surface area contributed by atoms with Crippen molar-refractivity contribution < 1.29 is 4.79 Å². The molecule has 1 atom stereocenters. The van der Waals surface area contributed by atoms with Crippen LogP contribution in [0.2, 0.25) is 0 Å². The summed E-state index contributed by atoms with van der Waals surface area (Å²) in [6.07, 6.45) is 2.24. The second kappa shape index (κ2) is 5.42. The number of nitrogens with zero attached hydrogens (tertiary/aromatic N) is 2. The lowest BCUT2D eigenvalue weighted by atomic mass is 10.2. The topological polar surface area (TPSA) is 92.9 Å². The van der Waals surface area contributed by atoms with Crippen LogP contribution in [0, 0.1) is 6.92 Å². The number of aromatic nitrogens is 2. The lowest BCUT2D eigenvalue weighted by molar-refractivity contribution is -0.121. The van der Waals surface area contributed by atoms with E-state index in [1.165, 1.54) is 0 Å². The van der Waals surface area contributed by atoms with E-state index in [1.807, 2.05) is 13.8 Å². The van der Waals surface area contributed by atoms with Crippen LogP contribution in [0.5, 0.6) is 0 Å². The Balaban J connectivity index is 2.16. The first kappa shape index (κ1) is 13.6. The summed E-state index contributed by atoms with van der Waals surface area (Å²) in [5, 5.41) is 5.89. The number of anilines is 2. The van der Waals surface area contributed by atoms with Gasteiger partial charge >= 0.3 is 0 Å². The molecule has 0 bridgehead atoms. The van der Waals surface area contributed by atoms with Crippen LogP contribution in [0.3, 0.4) is 0 Å². The minimum Gasteiger partial charge on any atom is -0.383 e. The maximum Gasteiger partial charge on any atom is 0.242 e. The Labute approximate surface area is 113 Å². The average Bonchev–Trinajstić information content (AvgIpc) is 3.19. The van der Waals surface area contributed by atoms with Crippen LogP contribution < -0.4 is 16.4 Å². The van der Waals surface area contributed by atoms with Gasteiger partial charge in [-0.1, -0.05) is 0 Å². The molecule has 19 heavy (non-hydrogen) atoms. The van der Waals surface area contributed by atoms with Crippen molar-refractivity contribution in [1.29, 1.82) is 0 Å². The summed E-state index contributed by atoms with van der Waals surface area (Å²) in [5.41, 5.74) is 6.70. The number of nitrogens with one attached hydrogen (secondary N) is 2. The van der Waals surface area contributed by atoms with Gasteiger partial charge in [0.05, 0.1) is 0 Å². The van der Waals surface area contributed by atoms with E-state index in [0.717, 1.165) is 24.2 Å².